The van der Waals surface area contributed by atoms with E-state index in [1.54, 1.807) is 0 Å². The first-order valence-corrected chi connectivity index (χ1v) is 5.33. The summed E-state index contributed by atoms with van der Waals surface area (Å²) in [6, 6.07) is 3.68. The van der Waals surface area contributed by atoms with E-state index in [1.807, 2.05) is 0 Å². The molecule has 0 radical (unpaired) electrons. The second kappa shape index (κ2) is 6.20. The standard InChI is InChI=1S/C11H11ClFNO3/c12-7-3-4-9(13)8(6-7)11(17)14-5-1-2-10(15)16/h3-4,6H,1-2,5H2,(H,14,17)(H,15,16). The van der Waals surface area contributed by atoms with Crippen molar-refractivity contribution in [3.05, 3.63) is 34.6 Å². The Balaban J connectivity index is 2.52. The molecule has 4 nitrogen and oxygen atoms in total. The number of hydrogen-bond acceptors (Lipinski definition) is 2. The molecule has 1 aromatic rings. The number of carboxylic acid groups (broad SMARTS) is 1. The second-order valence-corrected chi connectivity index (χ2v) is 3.81. The van der Waals surface area contributed by atoms with Crippen molar-refractivity contribution >= 4 is 23.5 Å². The topological polar surface area (TPSA) is 66.4 Å². The lowest BCUT2D eigenvalue weighted by Gasteiger charge is -2.05. The van der Waals surface area contributed by atoms with Crippen LogP contribution in [0.3, 0.4) is 0 Å². The molecule has 0 atom stereocenters. The molecule has 2 N–H and O–H groups in total. The number of benzene rings is 1. The average Bonchev–Trinajstić information content (AvgIpc) is 2.27. The van der Waals surface area contributed by atoms with Gasteiger partial charge in [0.15, 0.2) is 0 Å². The molecule has 0 aliphatic carbocycles. The van der Waals surface area contributed by atoms with Gasteiger partial charge in [-0.05, 0) is 24.6 Å². The molecule has 0 saturated heterocycles. The Hall–Kier alpha value is -1.62. The van der Waals surface area contributed by atoms with Crippen LogP contribution in [0.5, 0.6) is 0 Å². The monoisotopic (exact) mass is 259 g/mol. The van der Waals surface area contributed by atoms with Crippen LogP contribution in [0.4, 0.5) is 4.39 Å². The van der Waals surface area contributed by atoms with Gasteiger partial charge >= 0.3 is 5.97 Å². The van der Waals surface area contributed by atoms with Gasteiger partial charge in [0.1, 0.15) is 5.82 Å². The van der Waals surface area contributed by atoms with Crippen molar-refractivity contribution in [2.75, 3.05) is 6.54 Å². The maximum atomic E-state index is 13.2. The van der Waals surface area contributed by atoms with Gasteiger partial charge in [0.05, 0.1) is 5.56 Å². The van der Waals surface area contributed by atoms with Crippen molar-refractivity contribution in [1.29, 1.82) is 0 Å². The summed E-state index contributed by atoms with van der Waals surface area (Å²) in [5.74, 6) is -2.20. The van der Waals surface area contributed by atoms with Crippen LogP contribution in [0.2, 0.25) is 5.02 Å². The molecular formula is C11H11ClFNO3. The molecule has 0 saturated carbocycles. The number of carboxylic acids is 1. The number of carbonyl (C=O) groups is 2. The van der Waals surface area contributed by atoms with Crippen LogP contribution in [0.1, 0.15) is 23.2 Å². The largest absolute Gasteiger partial charge is 0.481 e. The van der Waals surface area contributed by atoms with Gasteiger partial charge in [0.25, 0.3) is 5.91 Å². The van der Waals surface area contributed by atoms with Crippen molar-refractivity contribution < 1.29 is 19.1 Å². The molecule has 0 bridgehead atoms. The van der Waals surface area contributed by atoms with Crippen molar-refractivity contribution in [3.8, 4) is 0 Å². The van der Waals surface area contributed by atoms with Crippen molar-refractivity contribution in [3.63, 3.8) is 0 Å². The summed E-state index contributed by atoms with van der Waals surface area (Å²) in [6.45, 7) is 0.178. The Morgan fingerprint density at radius 1 is 1.41 bits per heavy atom. The first-order valence-electron chi connectivity index (χ1n) is 4.95. The molecule has 1 amide bonds. The van der Waals surface area contributed by atoms with Crippen molar-refractivity contribution in [1.82, 2.24) is 5.32 Å². The van der Waals surface area contributed by atoms with Gasteiger partial charge < -0.3 is 10.4 Å². The molecule has 17 heavy (non-hydrogen) atoms. The third kappa shape index (κ3) is 4.40. The SMILES string of the molecule is O=C(O)CCCNC(=O)c1cc(Cl)ccc1F. The van der Waals surface area contributed by atoms with Crippen LogP contribution < -0.4 is 5.32 Å². The summed E-state index contributed by atoms with van der Waals surface area (Å²) in [4.78, 5) is 21.7. The Labute approximate surface area is 102 Å². The van der Waals surface area contributed by atoms with E-state index >= 15 is 0 Å². The molecule has 1 aromatic carbocycles. The van der Waals surface area contributed by atoms with E-state index in [9.17, 15) is 14.0 Å². The summed E-state index contributed by atoms with van der Waals surface area (Å²) in [7, 11) is 0. The molecule has 0 aliphatic heterocycles. The van der Waals surface area contributed by atoms with Gasteiger partial charge in [-0.2, -0.15) is 0 Å². The van der Waals surface area contributed by atoms with Crippen molar-refractivity contribution in [2.45, 2.75) is 12.8 Å². The van der Waals surface area contributed by atoms with Crippen LogP contribution in [0, 0.1) is 5.82 Å². The number of hydrogen-bond donors (Lipinski definition) is 2. The molecule has 6 heteroatoms. The minimum absolute atomic E-state index is 0.0433. The Bertz CT molecular complexity index is 437. The van der Waals surface area contributed by atoms with E-state index in [1.165, 1.54) is 12.1 Å². The fraction of sp³-hybridized carbons (Fsp3) is 0.273. The Kier molecular flexibility index (Phi) is 4.90. The highest BCUT2D eigenvalue weighted by Crippen LogP contribution is 2.14. The first kappa shape index (κ1) is 13.4. The van der Waals surface area contributed by atoms with E-state index in [0.29, 0.717) is 6.42 Å². The predicted octanol–water partition coefficient (Wildman–Crippen LogP) is 2.07. The predicted molar refractivity (Wildman–Crippen MR) is 60.6 cm³/mol. The van der Waals surface area contributed by atoms with Crippen LogP contribution in [-0.2, 0) is 4.79 Å². The molecule has 92 valence electrons. The van der Waals surface area contributed by atoms with Gasteiger partial charge in [0, 0.05) is 18.0 Å². The number of nitrogens with one attached hydrogen (secondary N) is 1. The zero-order valence-corrected chi connectivity index (χ0v) is 9.63. The molecule has 1 rings (SSSR count). The molecular weight excluding hydrogens is 249 g/mol. The van der Waals surface area contributed by atoms with Gasteiger partial charge in [-0.1, -0.05) is 11.6 Å². The maximum Gasteiger partial charge on any atom is 0.303 e. The highest BCUT2D eigenvalue weighted by atomic mass is 35.5. The minimum atomic E-state index is -0.937. The van der Waals surface area contributed by atoms with E-state index in [2.05, 4.69) is 5.32 Å². The van der Waals surface area contributed by atoms with E-state index in [4.69, 9.17) is 16.7 Å². The normalized spacial score (nSPS) is 10.0. The number of carbonyl (C=O) groups excluding carboxylic acids is 1. The number of aliphatic carboxylic acids is 1. The van der Waals surface area contributed by atoms with Crippen molar-refractivity contribution in [2.24, 2.45) is 0 Å². The van der Waals surface area contributed by atoms with Crippen LogP contribution in [0.15, 0.2) is 18.2 Å². The second-order valence-electron chi connectivity index (χ2n) is 3.38. The molecule has 0 spiro atoms. The van der Waals surface area contributed by atoms with Crippen LogP contribution >= 0.6 is 11.6 Å². The number of amides is 1. The fourth-order valence-corrected chi connectivity index (χ4v) is 1.38. The first-order chi connectivity index (χ1) is 8.00. The van der Waals surface area contributed by atoms with E-state index in [-0.39, 0.29) is 23.6 Å². The summed E-state index contributed by atoms with van der Waals surface area (Å²) in [5.41, 5.74) is -0.146. The molecule has 0 unspecified atom stereocenters. The lowest BCUT2D eigenvalue weighted by Crippen LogP contribution is -2.25. The Morgan fingerprint density at radius 2 is 2.12 bits per heavy atom. The molecule has 0 aromatic heterocycles. The summed E-state index contributed by atoms with van der Waals surface area (Å²) in [5, 5.41) is 11.1. The third-order valence-corrected chi connectivity index (χ3v) is 2.26. The van der Waals surface area contributed by atoms with Crippen LogP contribution in [0.25, 0.3) is 0 Å². The van der Waals surface area contributed by atoms with Gasteiger partial charge in [0.2, 0.25) is 0 Å². The van der Waals surface area contributed by atoms with E-state index < -0.39 is 17.7 Å². The lowest BCUT2D eigenvalue weighted by molar-refractivity contribution is -0.137. The minimum Gasteiger partial charge on any atom is -0.481 e. The Morgan fingerprint density at radius 3 is 2.76 bits per heavy atom. The summed E-state index contributed by atoms with van der Waals surface area (Å²) >= 11 is 5.64. The van der Waals surface area contributed by atoms with Crippen LogP contribution in [-0.4, -0.2) is 23.5 Å². The zero-order valence-electron chi connectivity index (χ0n) is 8.87. The van der Waals surface area contributed by atoms with E-state index in [0.717, 1.165) is 6.07 Å². The number of rotatable bonds is 5. The van der Waals surface area contributed by atoms with Gasteiger partial charge in [-0.3, -0.25) is 9.59 Å². The maximum absolute atomic E-state index is 13.2. The fourth-order valence-electron chi connectivity index (χ4n) is 1.21. The smallest absolute Gasteiger partial charge is 0.303 e. The summed E-state index contributed by atoms with van der Waals surface area (Å²) in [6.07, 6.45) is 0.252. The third-order valence-electron chi connectivity index (χ3n) is 2.03. The van der Waals surface area contributed by atoms with Gasteiger partial charge in [-0.15, -0.1) is 0 Å². The number of halogens is 2. The lowest BCUT2D eigenvalue weighted by atomic mass is 10.2. The molecule has 0 fully saturated rings. The highest BCUT2D eigenvalue weighted by Gasteiger charge is 2.11. The zero-order chi connectivity index (χ0) is 12.8. The highest BCUT2D eigenvalue weighted by molar-refractivity contribution is 6.30. The molecule has 0 heterocycles. The van der Waals surface area contributed by atoms with Gasteiger partial charge in [-0.25, -0.2) is 4.39 Å². The summed E-state index contributed by atoms with van der Waals surface area (Å²) < 4.78 is 13.2. The average molecular weight is 260 g/mol. The quantitative estimate of drug-likeness (QED) is 0.796. The molecule has 0 aliphatic rings.